The van der Waals surface area contributed by atoms with Gasteiger partial charge in [-0.25, -0.2) is 9.78 Å². The molecule has 1 aliphatic rings. The summed E-state index contributed by atoms with van der Waals surface area (Å²) in [4.78, 5) is 17.3. The van der Waals surface area contributed by atoms with E-state index in [0.717, 1.165) is 31.0 Å². The van der Waals surface area contributed by atoms with Crippen molar-refractivity contribution in [1.29, 1.82) is 0 Å². The molecule has 1 fully saturated rings. The number of rotatable bonds is 2. The summed E-state index contributed by atoms with van der Waals surface area (Å²) in [5, 5.41) is 9.19. The van der Waals surface area contributed by atoms with Crippen LogP contribution in [0.25, 0.3) is 0 Å². The van der Waals surface area contributed by atoms with E-state index in [1.54, 1.807) is 6.07 Å². The normalized spacial score (nSPS) is 16.6. The number of hydrogen-bond acceptors (Lipinski definition) is 4. The van der Waals surface area contributed by atoms with Crippen molar-refractivity contribution in [3.05, 3.63) is 22.8 Å². The molecule has 0 aliphatic carbocycles. The van der Waals surface area contributed by atoms with E-state index in [-0.39, 0.29) is 10.6 Å². The third-order valence-electron chi connectivity index (χ3n) is 2.62. The number of thioether (sulfide) groups is 1. The minimum absolute atomic E-state index is 0.119. The van der Waals surface area contributed by atoms with Crippen LogP contribution in [0.1, 0.15) is 16.8 Å². The first-order chi connectivity index (χ1) is 8.18. The molecule has 6 heteroatoms. The van der Waals surface area contributed by atoms with E-state index in [1.165, 1.54) is 6.20 Å². The second-order valence-corrected chi connectivity index (χ2v) is 5.41. The molecule has 92 valence electrons. The predicted molar refractivity (Wildman–Crippen MR) is 70.4 cm³/mol. The number of hydrogen-bond donors (Lipinski definition) is 1. The van der Waals surface area contributed by atoms with Crippen LogP contribution in [0.15, 0.2) is 12.3 Å². The zero-order valence-corrected chi connectivity index (χ0v) is 10.8. The fourth-order valence-corrected chi connectivity index (χ4v) is 2.81. The minimum Gasteiger partial charge on any atom is -0.478 e. The van der Waals surface area contributed by atoms with E-state index in [1.807, 2.05) is 11.8 Å². The molecule has 0 aromatic carbocycles. The topological polar surface area (TPSA) is 53.4 Å². The van der Waals surface area contributed by atoms with Crippen LogP contribution in [-0.2, 0) is 0 Å². The monoisotopic (exact) mass is 272 g/mol. The summed E-state index contributed by atoms with van der Waals surface area (Å²) in [5.41, 5.74) is 0.119. The summed E-state index contributed by atoms with van der Waals surface area (Å²) < 4.78 is 0. The second-order valence-electron chi connectivity index (χ2n) is 3.78. The van der Waals surface area contributed by atoms with Crippen LogP contribution >= 0.6 is 23.4 Å². The van der Waals surface area contributed by atoms with Crippen molar-refractivity contribution in [2.24, 2.45) is 0 Å². The number of aromatic carboxylic acids is 1. The van der Waals surface area contributed by atoms with Gasteiger partial charge in [0.05, 0.1) is 10.6 Å². The van der Waals surface area contributed by atoms with Crippen LogP contribution < -0.4 is 4.90 Å². The minimum atomic E-state index is -1.01. The molecule has 0 bridgehead atoms. The third-order valence-corrected chi connectivity index (χ3v) is 3.97. The fraction of sp³-hybridized carbons (Fsp3) is 0.455. The lowest BCUT2D eigenvalue weighted by atomic mass is 10.2. The van der Waals surface area contributed by atoms with Crippen molar-refractivity contribution in [1.82, 2.24) is 4.98 Å². The van der Waals surface area contributed by atoms with E-state index in [0.29, 0.717) is 5.82 Å². The Kier molecular flexibility index (Phi) is 4.12. The summed E-state index contributed by atoms with van der Waals surface area (Å²) >= 11 is 7.71. The van der Waals surface area contributed by atoms with Crippen LogP contribution in [0.4, 0.5) is 5.82 Å². The van der Waals surface area contributed by atoms with Crippen molar-refractivity contribution < 1.29 is 9.90 Å². The lowest BCUT2D eigenvalue weighted by molar-refractivity contribution is 0.0697. The molecule has 0 radical (unpaired) electrons. The number of pyridine rings is 1. The van der Waals surface area contributed by atoms with Gasteiger partial charge < -0.3 is 10.0 Å². The van der Waals surface area contributed by atoms with Gasteiger partial charge in [-0.2, -0.15) is 11.8 Å². The molecule has 1 N–H and O–H groups in total. The summed E-state index contributed by atoms with van der Waals surface area (Å²) in [6.07, 6.45) is 2.51. The van der Waals surface area contributed by atoms with Gasteiger partial charge in [0, 0.05) is 25.0 Å². The number of carbonyl (C=O) groups is 1. The Morgan fingerprint density at radius 1 is 1.47 bits per heavy atom. The molecule has 0 saturated carbocycles. The van der Waals surface area contributed by atoms with Crippen molar-refractivity contribution in [2.45, 2.75) is 6.42 Å². The van der Waals surface area contributed by atoms with Gasteiger partial charge in [-0.1, -0.05) is 11.6 Å². The molecule has 4 nitrogen and oxygen atoms in total. The highest BCUT2D eigenvalue weighted by atomic mass is 35.5. The Labute approximate surface area is 109 Å². The van der Waals surface area contributed by atoms with Crippen LogP contribution in [0.5, 0.6) is 0 Å². The van der Waals surface area contributed by atoms with E-state index < -0.39 is 5.97 Å². The Hall–Kier alpha value is -0.940. The maximum atomic E-state index is 11.0. The Bertz CT molecular complexity index is 420. The summed E-state index contributed by atoms with van der Waals surface area (Å²) in [6.45, 7) is 1.82. The lowest BCUT2D eigenvalue weighted by Crippen LogP contribution is -2.26. The molecule has 0 spiro atoms. The molecule has 0 atom stereocenters. The second kappa shape index (κ2) is 5.60. The molecule has 1 aromatic rings. The molecular formula is C11H13ClN2O2S. The van der Waals surface area contributed by atoms with Gasteiger partial charge in [0.1, 0.15) is 5.82 Å². The van der Waals surface area contributed by atoms with Gasteiger partial charge in [0.15, 0.2) is 0 Å². The average molecular weight is 273 g/mol. The molecule has 1 aliphatic heterocycles. The zero-order valence-electron chi connectivity index (χ0n) is 9.23. The van der Waals surface area contributed by atoms with Crippen molar-refractivity contribution in [3.8, 4) is 0 Å². The first kappa shape index (κ1) is 12.5. The number of anilines is 1. The van der Waals surface area contributed by atoms with Crippen molar-refractivity contribution in [3.63, 3.8) is 0 Å². The average Bonchev–Trinajstić information content (AvgIpc) is 2.58. The molecular weight excluding hydrogens is 260 g/mol. The smallest absolute Gasteiger partial charge is 0.337 e. The van der Waals surface area contributed by atoms with E-state index in [9.17, 15) is 4.79 Å². The standard InChI is InChI=1S/C11H13ClN2O2S/c12-9-7-13-10(6-8(9)11(15)16)14-2-1-4-17-5-3-14/h6-7H,1-5H2,(H,15,16). The number of halogens is 1. The van der Waals surface area contributed by atoms with E-state index in [2.05, 4.69) is 9.88 Å². The number of carboxylic acids is 1. The van der Waals surface area contributed by atoms with E-state index in [4.69, 9.17) is 16.7 Å². The Morgan fingerprint density at radius 3 is 3.06 bits per heavy atom. The third kappa shape index (κ3) is 3.04. The molecule has 0 unspecified atom stereocenters. The van der Waals surface area contributed by atoms with Crippen molar-refractivity contribution >= 4 is 35.1 Å². The SMILES string of the molecule is O=C(O)c1cc(N2CCCSCC2)ncc1Cl. The summed E-state index contributed by atoms with van der Waals surface area (Å²) in [5.74, 6) is 1.89. The zero-order chi connectivity index (χ0) is 12.3. The number of aromatic nitrogens is 1. The highest BCUT2D eigenvalue weighted by Crippen LogP contribution is 2.22. The van der Waals surface area contributed by atoms with Crippen molar-refractivity contribution in [2.75, 3.05) is 29.5 Å². The van der Waals surface area contributed by atoms with E-state index >= 15 is 0 Å². The van der Waals surface area contributed by atoms with Gasteiger partial charge in [-0.15, -0.1) is 0 Å². The number of nitrogens with zero attached hydrogens (tertiary/aromatic N) is 2. The maximum Gasteiger partial charge on any atom is 0.337 e. The Morgan fingerprint density at radius 2 is 2.29 bits per heavy atom. The first-order valence-electron chi connectivity index (χ1n) is 5.40. The molecule has 1 aromatic heterocycles. The largest absolute Gasteiger partial charge is 0.478 e. The quantitative estimate of drug-likeness (QED) is 0.896. The van der Waals surface area contributed by atoms with Crippen LogP contribution in [0.2, 0.25) is 5.02 Å². The molecule has 2 heterocycles. The van der Waals surface area contributed by atoms with Gasteiger partial charge >= 0.3 is 5.97 Å². The highest BCUT2D eigenvalue weighted by molar-refractivity contribution is 7.99. The summed E-state index contributed by atoms with van der Waals surface area (Å²) in [6, 6.07) is 1.56. The predicted octanol–water partition coefficient (Wildman–Crippen LogP) is 2.38. The van der Waals surface area contributed by atoms with Crippen LogP contribution in [0, 0.1) is 0 Å². The first-order valence-corrected chi connectivity index (χ1v) is 6.93. The molecule has 0 amide bonds. The molecule has 1 saturated heterocycles. The summed E-state index contributed by atoms with van der Waals surface area (Å²) in [7, 11) is 0. The van der Waals surface area contributed by atoms with Crippen LogP contribution in [-0.4, -0.2) is 40.7 Å². The fourth-order valence-electron chi connectivity index (χ4n) is 1.74. The number of carboxylic acid groups (broad SMARTS) is 1. The molecule has 17 heavy (non-hydrogen) atoms. The van der Waals surface area contributed by atoms with Gasteiger partial charge in [0.2, 0.25) is 0 Å². The molecule has 2 rings (SSSR count). The van der Waals surface area contributed by atoms with Crippen LogP contribution in [0.3, 0.4) is 0 Å². The van der Waals surface area contributed by atoms with Gasteiger partial charge in [0.25, 0.3) is 0 Å². The highest BCUT2D eigenvalue weighted by Gasteiger charge is 2.15. The maximum absolute atomic E-state index is 11.0. The van der Waals surface area contributed by atoms with Gasteiger partial charge in [-0.3, -0.25) is 0 Å². The van der Waals surface area contributed by atoms with Gasteiger partial charge in [-0.05, 0) is 18.2 Å². The Balaban J connectivity index is 2.25. The lowest BCUT2D eigenvalue weighted by Gasteiger charge is -2.21.